The Bertz CT molecular complexity index is 2200. The monoisotopic (exact) mass is 789 g/mol. The lowest BCUT2D eigenvalue weighted by atomic mass is 9.92. The quantitative estimate of drug-likeness (QED) is 0.251. The lowest BCUT2D eigenvalue weighted by Gasteiger charge is -2.45. The average molecular weight is 790 g/mol. The molecule has 4 fully saturated rings. The number of hydrogen-bond acceptors (Lipinski definition) is 9. The number of halogens is 1. The largest absolute Gasteiger partial charge is 0.490 e. The molecular formula is C43H44ClN7O6. The third-order valence-corrected chi connectivity index (χ3v) is 12.9. The zero-order valence-corrected chi connectivity index (χ0v) is 32.4. The van der Waals surface area contributed by atoms with Crippen molar-refractivity contribution in [2.24, 2.45) is 5.92 Å². The van der Waals surface area contributed by atoms with E-state index in [2.05, 4.69) is 37.0 Å². The molecule has 14 heteroatoms. The van der Waals surface area contributed by atoms with Crippen LogP contribution in [0.15, 0.2) is 54.6 Å². The molecule has 5 amide bonds. The normalized spacial score (nSPS) is 24.2. The molecule has 0 spiro atoms. The zero-order valence-electron chi connectivity index (χ0n) is 31.6. The van der Waals surface area contributed by atoms with Crippen molar-refractivity contribution in [3.05, 3.63) is 98.9 Å². The Hall–Kier alpha value is -5.29. The van der Waals surface area contributed by atoms with Crippen molar-refractivity contribution < 1.29 is 28.7 Å². The van der Waals surface area contributed by atoms with E-state index in [1.54, 1.807) is 24.3 Å². The van der Waals surface area contributed by atoms with Crippen LogP contribution in [0.4, 0.5) is 11.4 Å². The molecule has 0 radical (unpaired) electrons. The number of carbonyl (C=O) groups excluding carboxylic acids is 5. The van der Waals surface area contributed by atoms with E-state index in [1.165, 1.54) is 11.1 Å². The maximum absolute atomic E-state index is 13.7. The van der Waals surface area contributed by atoms with E-state index in [0.29, 0.717) is 47.1 Å². The molecule has 57 heavy (non-hydrogen) atoms. The number of ether oxygens (including phenoxy) is 1. The van der Waals surface area contributed by atoms with Gasteiger partial charge in [-0.25, -0.2) is 4.85 Å². The lowest BCUT2D eigenvalue weighted by molar-refractivity contribution is -0.136. The van der Waals surface area contributed by atoms with Crippen molar-refractivity contribution in [3.63, 3.8) is 0 Å². The fourth-order valence-corrected chi connectivity index (χ4v) is 9.63. The number of amides is 5. The molecule has 1 atom stereocenters. The van der Waals surface area contributed by atoms with Crippen molar-refractivity contribution in [1.29, 1.82) is 0 Å². The fourth-order valence-electron chi connectivity index (χ4n) is 9.42. The van der Waals surface area contributed by atoms with Crippen LogP contribution in [0.3, 0.4) is 0 Å². The van der Waals surface area contributed by atoms with E-state index in [-0.39, 0.29) is 30.4 Å². The molecular weight excluding hydrogens is 746 g/mol. The summed E-state index contributed by atoms with van der Waals surface area (Å²) in [5, 5.41) is 2.66. The number of piperazine rings is 1. The number of rotatable bonds is 8. The first-order valence-electron chi connectivity index (χ1n) is 19.9. The maximum atomic E-state index is 13.7. The predicted molar refractivity (Wildman–Crippen MR) is 211 cm³/mol. The van der Waals surface area contributed by atoms with Crippen molar-refractivity contribution in [3.8, 4) is 5.75 Å². The molecule has 3 aromatic carbocycles. The molecule has 0 bridgehead atoms. The Morgan fingerprint density at radius 1 is 0.842 bits per heavy atom. The molecule has 1 aliphatic carbocycles. The third-order valence-electron chi connectivity index (χ3n) is 12.6. The molecule has 13 nitrogen and oxygen atoms in total. The number of anilines is 1. The molecule has 9 rings (SSSR count). The highest BCUT2D eigenvalue weighted by atomic mass is 35.5. The summed E-state index contributed by atoms with van der Waals surface area (Å²) in [6, 6.07) is 16.3. The van der Waals surface area contributed by atoms with Crippen LogP contribution in [-0.2, 0) is 22.7 Å². The molecule has 1 N–H and O–H groups in total. The third kappa shape index (κ3) is 7.26. The van der Waals surface area contributed by atoms with E-state index in [0.717, 1.165) is 87.6 Å². The van der Waals surface area contributed by atoms with Crippen LogP contribution in [0.1, 0.15) is 80.7 Å². The number of carbonyl (C=O) groups is 5. The van der Waals surface area contributed by atoms with Gasteiger partial charge in [-0.15, -0.1) is 0 Å². The van der Waals surface area contributed by atoms with Gasteiger partial charge in [-0.3, -0.25) is 44.0 Å². The Kier molecular flexibility index (Phi) is 9.96. The van der Waals surface area contributed by atoms with Crippen LogP contribution in [0, 0.1) is 12.5 Å². The van der Waals surface area contributed by atoms with Crippen LogP contribution < -0.4 is 15.0 Å². The van der Waals surface area contributed by atoms with E-state index < -0.39 is 29.7 Å². The molecule has 5 heterocycles. The standard InChI is InChI=1S/C43H44ClN7O6/c1-45-37-11-9-33(20-36(37)44)57-32-7-4-30(5-8-32)50-24-28-3-2-27(18-29(28)25-50)41(54)48-16-14-47(15-17-48)21-26-22-49(23-26)31-6-10-34-35(19-31)43(56)51(42(34)55)38-12-13-39(52)46-40(38)53/h2-3,6,9-11,18-20,26,30,32,38H,4-5,7-8,12-17,21-25H2,(H,46,52,53). The van der Waals surface area contributed by atoms with Gasteiger partial charge in [0.25, 0.3) is 17.7 Å². The second kappa shape index (κ2) is 15.2. The topological polar surface area (TPSA) is 127 Å². The molecule has 5 aliphatic heterocycles. The summed E-state index contributed by atoms with van der Waals surface area (Å²) in [4.78, 5) is 77.6. The summed E-state index contributed by atoms with van der Waals surface area (Å²) < 4.78 is 6.22. The van der Waals surface area contributed by atoms with Crippen LogP contribution in [0.5, 0.6) is 5.75 Å². The molecule has 0 aromatic heterocycles. The Morgan fingerprint density at radius 2 is 1.60 bits per heavy atom. The summed E-state index contributed by atoms with van der Waals surface area (Å²) in [5.74, 6) is -0.745. The van der Waals surface area contributed by atoms with Crippen molar-refractivity contribution >= 4 is 52.5 Å². The first-order chi connectivity index (χ1) is 27.6. The second-order valence-corrected chi connectivity index (χ2v) is 16.6. The second-order valence-electron chi connectivity index (χ2n) is 16.2. The van der Waals surface area contributed by atoms with Crippen molar-refractivity contribution in [2.75, 3.05) is 50.7 Å². The Labute approximate surface area is 336 Å². The van der Waals surface area contributed by atoms with Gasteiger partial charge in [-0.1, -0.05) is 23.7 Å². The van der Waals surface area contributed by atoms with E-state index in [1.807, 2.05) is 23.1 Å². The zero-order chi connectivity index (χ0) is 39.4. The fraction of sp³-hybridized carbons (Fsp3) is 0.442. The van der Waals surface area contributed by atoms with E-state index in [4.69, 9.17) is 22.9 Å². The molecule has 3 aromatic rings. The predicted octanol–water partition coefficient (Wildman–Crippen LogP) is 4.89. The Balaban J connectivity index is 0.718. The van der Waals surface area contributed by atoms with Gasteiger partial charge < -0.3 is 14.5 Å². The summed E-state index contributed by atoms with van der Waals surface area (Å²) in [5.41, 5.74) is 5.19. The highest BCUT2D eigenvalue weighted by molar-refractivity contribution is 6.33. The van der Waals surface area contributed by atoms with Gasteiger partial charge in [-0.05, 0) is 85.7 Å². The lowest BCUT2D eigenvalue weighted by Crippen LogP contribution is -2.55. The number of hydrogen-bond donors (Lipinski definition) is 1. The van der Waals surface area contributed by atoms with Gasteiger partial charge in [0.15, 0.2) is 0 Å². The minimum atomic E-state index is -0.976. The van der Waals surface area contributed by atoms with Crippen molar-refractivity contribution in [1.82, 2.24) is 24.9 Å². The van der Waals surface area contributed by atoms with Crippen molar-refractivity contribution in [2.45, 2.75) is 69.8 Å². The summed E-state index contributed by atoms with van der Waals surface area (Å²) in [6.07, 6.45) is 4.37. The summed E-state index contributed by atoms with van der Waals surface area (Å²) >= 11 is 6.21. The van der Waals surface area contributed by atoms with E-state index >= 15 is 0 Å². The van der Waals surface area contributed by atoms with Crippen LogP contribution in [-0.4, -0.2) is 113 Å². The van der Waals surface area contributed by atoms with Gasteiger partial charge >= 0.3 is 0 Å². The SMILES string of the molecule is [C-]#[N+]c1ccc(OC2CCC(N3Cc4ccc(C(=O)N5CCN(CC6CN(c7ccc8c(c7)C(=O)N(C7CCC(=O)NC7=O)C8=O)C6)CC5)cc4C3)CC2)cc1Cl. The van der Waals surface area contributed by atoms with Crippen LogP contribution in [0.25, 0.3) is 4.85 Å². The highest BCUT2D eigenvalue weighted by Crippen LogP contribution is 2.36. The van der Waals surface area contributed by atoms with Gasteiger partial charge in [0.05, 0.1) is 28.8 Å². The number of piperidine rings is 1. The first-order valence-corrected chi connectivity index (χ1v) is 20.3. The molecule has 1 saturated carbocycles. The van der Waals surface area contributed by atoms with Gasteiger partial charge in [-0.2, -0.15) is 0 Å². The molecule has 3 saturated heterocycles. The van der Waals surface area contributed by atoms with Gasteiger partial charge in [0, 0.05) is 88.5 Å². The number of fused-ring (bicyclic) bond motifs is 2. The highest BCUT2D eigenvalue weighted by Gasteiger charge is 2.45. The number of nitrogens with one attached hydrogen (secondary N) is 1. The Morgan fingerprint density at radius 3 is 2.33 bits per heavy atom. The number of benzene rings is 3. The van der Waals surface area contributed by atoms with E-state index in [9.17, 15) is 24.0 Å². The molecule has 1 unspecified atom stereocenters. The number of nitrogens with zero attached hydrogens (tertiary/aromatic N) is 6. The first kappa shape index (κ1) is 37.3. The summed E-state index contributed by atoms with van der Waals surface area (Å²) in [7, 11) is 0. The molecule has 294 valence electrons. The molecule has 6 aliphatic rings. The minimum Gasteiger partial charge on any atom is -0.490 e. The van der Waals surface area contributed by atoms with Gasteiger partial charge in [0.1, 0.15) is 11.8 Å². The van der Waals surface area contributed by atoms with Gasteiger partial charge in [0.2, 0.25) is 17.5 Å². The van der Waals surface area contributed by atoms with Crippen LogP contribution >= 0.6 is 11.6 Å². The smallest absolute Gasteiger partial charge is 0.262 e. The average Bonchev–Trinajstić information content (AvgIpc) is 3.74. The number of imide groups is 2. The van der Waals surface area contributed by atoms with Crippen LogP contribution in [0.2, 0.25) is 5.02 Å². The summed E-state index contributed by atoms with van der Waals surface area (Å²) in [6.45, 7) is 14.5. The minimum absolute atomic E-state index is 0.0885. The maximum Gasteiger partial charge on any atom is 0.262 e.